The molecule has 1 aliphatic rings. The molecular weight excluding hydrogens is 395 g/mol. The number of amides is 1. The second-order valence-corrected chi connectivity index (χ2v) is 6.59. The first-order chi connectivity index (χ1) is 13.5. The normalized spacial score (nSPS) is 16.3. The summed E-state index contributed by atoms with van der Waals surface area (Å²) >= 11 is 0. The number of carbonyl (C=O) groups is 3. The van der Waals surface area contributed by atoms with Gasteiger partial charge < -0.3 is 15.5 Å². The average Bonchev–Trinajstić information content (AvgIpc) is 2.64. The number of nitrogens with zero attached hydrogens (tertiary/aromatic N) is 2. The molecule has 3 N–H and O–H groups in total. The number of rotatable bonds is 5. The van der Waals surface area contributed by atoms with Gasteiger partial charge in [-0.1, -0.05) is 13.0 Å². The van der Waals surface area contributed by atoms with Crippen molar-refractivity contribution in [3.05, 3.63) is 23.9 Å². The minimum absolute atomic E-state index is 0.0284. The molecule has 1 unspecified atom stereocenters. The number of piperidine rings is 1. The molecular formula is C18H24F3N3O5. The second kappa shape index (κ2) is 10.7. The molecule has 1 aromatic rings. The van der Waals surface area contributed by atoms with Crippen molar-refractivity contribution in [3.63, 3.8) is 0 Å². The lowest BCUT2D eigenvalue weighted by Gasteiger charge is -2.34. The van der Waals surface area contributed by atoms with Gasteiger partial charge in [-0.25, -0.2) is 9.78 Å². The Morgan fingerprint density at radius 3 is 2.17 bits per heavy atom. The zero-order chi connectivity index (χ0) is 22.2. The van der Waals surface area contributed by atoms with Crippen LogP contribution < -0.4 is 5.32 Å². The molecule has 8 nitrogen and oxygen atoms in total. The Balaban J connectivity index is 0.000000516. The fraction of sp³-hybridized carbons (Fsp3) is 0.556. The molecule has 0 saturated carbocycles. The molecule has 2 rings (SSSR count). The summed E-state index contributed by atoms with van der Waals surface area (Å²) in [6, 6.07) is 3.26. The molecule has 0 spiro atoms. The third-order valence-corrected chi connectivity index (χ3v) is 4.42. The van der Waals surface area contributed by atoms with Crippen LogP contribution in [-0.4, -0.2) is 63.3 Å². The monoisotopic (exact) mass is 419 g/mol. The molecule has 0 aromatic carbocycles. The van der Waals surface area contributed by atoms with Gasteiger partial charge in [-0.3, -0.25) is 14.5 Å². The first kappa shape index (κ1) is 24.3. The van der Waals surface area contributed by atoms with E-state index in [0.29, 0.717) is 38.2 Å². The minimum Gasteiger partial charge on any atom is -0.480 e. The molecule has 1 amide bonds. The number of hydrogen-bond donors (Lipinski definition) is 3. The van der Waals surface area contributed by atoms with Crippen LogP contribution in [0.4, 0.5) is 19.0 Å². The molecule has 29 heavy (non-hydrogen) atoms. The largest absolute Gasteiger partial charge is 0.490 e. The van der Waals surface area contributed by atoms with Gasteiger partial charge in [0.05, 0.1) is 0 Å². The molecule has 0 aliphatic carbocycles. The van der Waals surface area contributed by atoms with E-state index in [9.17, 15) is 27.9 Å². The predicted molar refractivity (Wildman–Crippen MR) is 97.3 cm³/mol. The Bertz CT molecular complexity index is 702. The molecule has 1 atom stereocenters. The highest BCUT2D eigenvalue weighted by molar-refractivity contribution is 5.91. The zero-order valence-electron chi connectivity index (χ0n) is 16.1. The summed E-state index contributed by atoms with van der Waals surface area (Å²) in [7, 11) is 0. The summed E-state index contributed by atoms with van der Waals surface area (Å²) in [5.41, 5.74) is 1.05. The number of alkyl halides is 3. The van der Waals surface area contributed by atoms with Crippen LogP contribution in [0, 0.1) is 12.8 Å². The average molecular weight is 419 g/mol. The van der Waals surface area contributed by atoms with Crippen LogP contribution in [0.25, 0.3) is 0 Å². The maximum atomic E-state index is 12.2. The number of likely N-dealkylation sites (tertiary alicyclic amines) is 1. The van der Waals surface area contributed by atoms with Gasteiger partial charge in [0.2, 0.25) is 5.91 Å². The van der Waals surface area contributed by atoms with Gasteiger partial charge in [-0.05, 0) is 50.9 Å². The Labute approximate surface area is 165 Å². The molecule has 11 heteroatoms. The van der Waals surface area contributed by atoms with Gasteiger partial charge in [0.1, 0.15) is 11.9 Å². The minimum atomic E-state index is -5.08. The highest BCUT2D eigenvalue weighted by Crippen LogP contribution is 2.21. The van der Waals surface area contributed by atoms with E-state index in [2.05, 4.69) is 10.3 Å². The van der Waals surface area contributed by atoms with Crippen LogP contribution in [0.3, 0.4) is 0 Å². The van der Waals surface area contributed by atoms with Gasteiger partial charge in [-0.2, -0.15) is 13.2 Å². The van der Waals surface area contributed by atoms with Crippen LogP contribution in [0.2, 0.25) is 0 Å². The highest BCUT2D eigenvalue weighted by Gasteiger charge is 2.38. The van der Waals surface area contributed by atoms with E-state index in [-0.39, 0.29) is 11.8 Å². The van der Waals surface area contributed by atoms with E-state index in [0.717, 1.165) is 5.56 Å². The molecule has 1 fully saturated rings. The number of carboxylic acid groups (broad SMARTS) is 2. The highest BCUT2D eigenvalue weighted by atomic mass is 19.4. The lowest BCUT2D eigenvalue weighted by molar-refractivity contribution is -0.192. The molecule has 1 saturated heterocycles. The molecule has 0 radical (unpaired) electrons. The number of aryl methyl sites for hydroxylation is 1. The number of halogens is 3. The number of pyridine rings is 1. The van der Waals surface area contributed by atoms with Crippen LogP contribution in [0.5, 0.6) is 0 Å². The SMILES string of the molecule is CCC(C(=O)O)N1CCC(C(=O)Nc2ccc(C)cn2)CC1.O=C(O)C(F)(F)F. The van der Waals surface area contributed by atoms with Crippen molar-refractivity contribution in [2.75, 3.05) is 18.4 Å². The van der Waals surface area contributed by atoms with Crippen molar-refractivity contribution in [1.82, 2.24) is 9.88 Å². The van der Waals surface area contributed by atoms with Crippen molar-refractivity contribution in [1.29, 1.82) is 0 Å². The Kier molecular flexibility index (Phi) is 9.02. The van der Waals surface area contributed by atoms with E-state index in [4.69, 9.17) is 9.90 Å². The smallest absolute Gasteiger partial charge is 0.480 e. The van der Waals surface area contributed by atoms with Crippen LogP contribution >= 0.6 is 0 Å². The van der Waals surface area contributed by atoms with Crippen LogP contribution in [0.1, 0.15) is 31.7 Å². The van der Waals surface area contributed by atoms with Gasteiger partial charge in [0.15, 0.2) is 0 Å². The van der Waals surface area contributed by atoms with Crippen molar-refractivity contribution in [2.45, 2.75) is 45.3 Å². The maximum Gasteiger partial charge on any atom is 0.490 e. The number of nitrogens with one attached hydrogen (secondary N) is 1. The number of hydrogen-bond acceptors (Lipinski definition) is 5. The zero-order valence-corrected chi connectivity index (χ0v) is 16.1. The fourth-order valence-corrected chi connectivity index (χ4v) is 2.83. The summed E-state index contributed by atoms with van der Waals surface area (Å²) in [4.78, 5) is 38.5. The second-order valence-electron chi connectivity index (χ2n) is 6.59. The first-order valence-corrected chi connectivity index (χ1v) is 8.96. The topological polar surface area (TPSA) is 120 Å². The van der Waals surface area contributed by atoms with E-state index in [1.165, 1.54) is 0 Å². The molecule has 162 valence electrons. The number of carbonyl (C=O) groups excluding carboxylic acids is 1. The van der Waals surface area contributed by atoms with Crippen molar-refractivity contribution < 1.29 is 37.8 Å². The molecule has 2 heterocycles. The standard InChI is InChI=1S/C16H23N3O3.C2HF3O2/c1-3-13(16(21)22)19-8-6-12(7-9-19)15(20)18-14-5-4-11(2)10-17-14;3-2(4,5)1(6)7/h4-5,10,12-13H,3,6-9H2,1-2H3,(H,21,22)(H,17,18,20);(H,6,7). The van der Waals surface area contributed by atoms with Gasteiger partial charge >= 0.3 is 18.1 Å². The summed E-state index contributed by atoms with van der Waals surface area (Å²) in [5.74, 6) is -3.08. The lowest BCUT2D eigenvalue weighted by atomic mass is 9.94. The van der Waals surface area contributed by atoms with E-state index in [1.54, 1.807) is 12.3 Å². The Hall–Kier alpha value is -2.69. The third-order valence-electron chi connectivity index (χ3n) is 4.42. The van der Waals surface area contributed by atoms with Crippen LogP contribution in [-0.2, 0) is 14.4 Å². The van der Waals surface area contributed by atoms with Crippen molar-refractivity contribution >= 4 is 23.7 Å². The predicted octanol–water partition coefficient (Wildman–Crippen LogP) is 2.54. The summed E-state index contributed by atoms with van der Waals surface area (Å²) in [5, 5.41) is 19.1. The van der Waals surface area contributed by atoms with Crippen molar-refractivity contribution in [3.8, 4) is 0 Å². The van der Waals surface area contributed by atoms with Crippen LogP contribution in [0.15, 0.2) is 18.3 Å². The molecule has 0 bridgehead atoms. The number of aromatic nitrogens is 1. The molecule has 1 aromatic heterocycles. The Morgan fingerprint density at radius 2 is 1.79 bits per heavy atom. The summed E-state index contributed by atoms with van der Waals surface area (Å²) in [6.45, 7) is 5.11. The number of anilines is 1. The quantitative estimate of drug-likeness (QED) is 0.671. The number of carboxylic acids is 2. The van der Waals surface area contributed by atoms with E-state index < -0.39 is 24.2 Å². The number of aliphatic carboxylic acids is 2. The van der Waals surface area contributed by atoms with Gasteiger partial charge in [-0.15, -0.1) is 0 Å². The first-order valence-electron chi connectivity index (χ1n) is 8.96. The lowest BCUT2D eigenvalue weighted by Crippen LogP contribution is -2.46. The molecule has 1 aliphatic heterocycles. The Morgan fingerprint density at radius 1 is 1.24 bits per heavy atom. The summed E-state index contributed by atoms with van der Waals surface area (Å²) in [6.07, 6.45) is -1.42. The van der Waals surface area contributed by atoms with Gasteiger partial charge in [0, 0.05) is 12.1 Å². The summed E-state index contributed by atoms with van der Waals surface area (Å²) < 4.78 is 31.7. The van der Waals surface area contributed by atoms with Crippen molar-refractivity contribution in [2.24, 2.45) is 5.92 Å². The maximum absolute atomic E-state index is 12.2. The van der Waals surface area contributed by atoms with E-state index in [1.807, 2.05) is 24.8 Å². The van der Waals surface area contributed by atoms with E-state index >= 15 is 0 Å². The van der Waals surface area contributed by atoms with Gasteiger partial charge in [0.25, 0.3) is 0 Å². The third kappa shape index (κ3) is 8.06. The fourth-order valence-electron chi connectivity index (χ4n) is 2.83.